The first-order valence-corrected chi connectivity index (χ1v) is 4.10. The molecule has 13 heavy (non-hydrogen) atoms. The van der Waals surface area contributed by atoms with E-state index in [1.54, 1.807) is 6.20 Å². The Morgan fingerprint density at radius 2 is 2.15 bits per heavy atom. The molecule has 0 unspecified atom stereocenters. The minimum atomic E-state index is -0.389. The summed E-state index contributed by atoms with van der Waals surface area (Å²) in [5.41, 5.74) is 7.84. The molecule has 0 saturated heterocycles. The normalized spacial score (nSPS) is 14.0. The van der Waals surface area contributed by atoms with Crippen molar-refractivity contribution in [3.8, 4) is 0 Å². The van der Waals surface area contributed by atoms with Gasteiger partial charge in [-0.1, -0.05) is 24.3 Å². The van der Waals surface area contributed by atoms with E-state index in [4.69, 9.17) is 5.73 Å². The zero-order valence-corrected chi connectivity index (χ0v) is 7.08. The topological polar surface area (TPSA) is 55.1 Å². The Kier molecular flexibility index (Phi) is 1.77. The van der Waals surface area contributed by atoms with E-state index in [2.05, 4.69) is 5.32 Å². The Balaban J connectivity index is 2.53. The molecule has 1 aromatic rings. The monoisotopic (exact) mass is 174 g/mol. The summed E-state index contributed by atoms with van der Waals surface area (Å²) in [5, 5.41) is 3.01. The summed E-state index contributed by atoms with van der Waals surface area (Å²) in [5.74, 6) is -0.389. The van der Waals surface area contributed by atoms with Crippen molar-refractivity contribution in [3.05, 3.63) is 41.6 Å². The van der Waals surface area contributed by atoms with Gasteiger partial charge >= 0.3 is 0 Å². The van der Waals surface area contributed by atoms with E-state index in [9.17, 15) is 4.79 Å². The van der Waals surface area contributed by atoms with E-state index in [-0.39, 0.29) is 5.91 Å². The van der Waals surface area contributed by atoms with Crippen LogP contribution in [0.5, 0.6) is 0 Å². The molecule has 3 N–H and O–H groups in total. The second-order valence-corrected chi connectivity index (χ2v) is 2.96. The quantitative estimate of drug-likeness (QED) is 0.655. The van der Waals surface area contributed by atoms with Crippen molar-refractivity contribution in [1.29, 1.82) is 0 Å². The first-order chi connectivity index (χ1) is 6.29. The summed E-state index contributed by atoms with van der Waals surface area (Å²) in [6.45, 7) is 0.757. The molecule has 3 nitrogen and oxygen atoms in total. The number of carbonyl (C=O) groups excluding carboxylic acids is 1. The highest BCUT2D eigenvalue weighted by molar-refractivity contribution is 6.19. The fourth-order valence-electron chi connectivity index (χ4n) is 1.48. The Morgan fingerprint density at radius 3 is 2.92 bits per heavy atom. The first kappa shape index (κ1) is 7.86. The molecule has 1 aliphatic rings. The minimum Gasteiger partial charge on any atom is -0.386 e. The van der Waals surface area contributed by atoms with Crippen LogP contribution in [0.4, 0.5) is 0 Å². The van der Waals surface area contributed by atoms with Crippen molar-refractivity contribution < 1.29 is 4.79 Å². The number of amides is 1. The highest BCUT2D eigenvalue weighted by Gasteiger charge is 2.14. The molecule has 0 spiro atoms. The first-order valence-electron chi connectivity index (χ1n) is 4.10. The van der Waals surface area contributed by atoms with Crippen molar-refractivity contribution in [3.63, 3.8) is 0 Å². The summed E-state index contributed by atoms with van der Waals surface area (Å²) in [7, 11) is 0. The van der Waals surface area contributed by atoms with Gasteiger partial charge < -0.3 is 11.1 Å². The molecule has 1 aromatic carbocycles. The average Bonchev–Trinajstić information content (AvgIpc) is 2.17. The maximum Gasteiger partial charge on any atom is 0.250 e. The molecule has 0 radical (unpaired) electrons. The van der Waals surface area contributed by atoms with Crippen molar-refractivity contribution in [1.82, 2.24) is 5.32 Å². The molecule has 2 rings (SSSR count). The number of benzene rings is 1. The van der Waals surface area contributed by atoms with Crippen LogP contribution in [0, 0.1) is 0 Å². The Morgan fingerprint density at radius 1 is 1.38 bits per heavy atom. The molecular weight excluding hydrogens is 164 g/mol. The fraction of sp³-hybridized carbons (Fsp3) is 0.100. The van der Waals surface area contributed by atoms with Gasteiger partial charge in [-0.05, 0) is 11.1 Å². The summed E-state index contributed by atoms with van der Waals surface area (Å²) < 4.78 is 0. The van der Waals surface area contributed by atoms with Crippen LogP contribution >= 0.6 is 0 Å². The van der Waals surface area contributed by atoms with Crippen LogP contribution < -0.4 is 11.1 Å². The number of rotatable bonds is 1. The largest absolute Gasteiger partial charge is 0.386 e. The highest BCUT2D eigenvalue weighted by atomic mass is 16.1. The van der Waals surface area contributed by atoms with Crippen LogP contribution in [0.25, 0.3) is 5.57 Å². The maximum absolute atomic E-state index is 11.0. The number of nitrogens with two attached hydrogens (primary N) is 1. The molecule has 0 aromatic heterocycles. The Labute approximate surface area is 76.2 Å². The van der Waals surface area contributed by atoms with E-state index in [1.165, 1.54) is 0 Å². The number of nitrogens with one attached hydrogen (secondary N) is 1. The Hall–Kier alpha value is -1.77. The lowest BCUT2D eigenvalue weighted by Gasteiger charge is -2.16. The number of carbonyl (C=O) groups is 1. The molecule has 0 aliphatic carbocycles. The third-order valence-electron chi connectivity index (χ3n) is 2.11. The lowest BCUT2D eigenvalue weighted by Crippen LogP contribution is -2.21. The molecule has 1 amide bonds. The van der Waals surface area contributed by atoms with Gasteiger partial charge in [0.25, 0.3) is 5.91 Å². The van der Waals surface area contributed by atoms with Crippen molar-refractivity contribution in [2.45, 2.75) is 6.54 Å². The summed E-state index contributed by atoms with van der Waals surface area (Å²) in [6, 6.07) is 7.75. The predicted octanol–water partition coefficient (Wildman–Crippen LogP) is 0.616. The summed E-state index contributed by atoms with van der Waals surface area (Å²) in [4.78, 5) is 11.0. The predicted molar refractivity (Wildman–Crippen MR) is 50.5 cm³/mol. The molecule has 1 heterocycles. The van der Waals surface area contributed by atoms with E-state index in [1.807, 2.05) is 24.3 Å². The Bertz CT molecular complexity index is 382. The summed E-state index contributed by atoms with van der Waals surface area (Å²) >= 11 is 0. The molecule has 0 bridgehead atoms. The van der Waals surface area contributed by atoms with E-state index in [0.717, 1.165) is 17.7 Å². The molecule has 1 aliphatic heterocycles. The second-order valence-electron chi connectivity index (χ2n) is 2.96. The van der Waals surface area contributed by atoms with Crippen molar-refractivity contribution in [2.24, 2.45) is 5.73 Å². The third kappa shape index (κ3) is 1.28. The van der Waals surface area contributed by atoms with Gasteiger partial charge in [-0.2, -0.15) is 0 Å². The van der Waals surface area contributed by atoms with Gasteiger partial charge in [-0.15, -0.1) is 0 Å². The van der Waals surface area contributed by atoms with Gasteiger partial charge in [-0.25, -0.2) is 0 Å². The highest BCUT2D eigenvalue weighted by Crippen LogP contribution is 2.21. The molecule has 0 atom stereocenters. The van der Waals surface area contributed by atoms with Gasteiger partial charge in [-0.3, -0.25) is 4.79 Å². The minimum absolute atomic E-state index is 0.389. The number of primary amides is 1. The van der Waals surface area contributed by atoms with Gasteiger partial charge in [0.15, 0.2) is 0 Å². The van der Waals surface area contributed by atoms with Crippen LogP contribution in [-0.4, -0.2) is 5.91 Å². The van der Waals surface area contributed by atoms with E-state index in [0.29, 0.717) is 5.57 Å². The van der Waals surface area contributed by atoms with Crippen LogP contribution in [0.2, 0.25) is 0 Å². The standard InChI is InChI=1S/C10H10N2O/c11-10(13)9-6-12-5-7-3-1-2-4-8(7)9/h1-4,6,12H,5H2,(H2,11,13). The molecular formula is C10H10N2O. The molecule has 0 saturated carbocycles. The van der Waals surface area contributed by atoms with Crippen LogP contribution in [-0.2, 0) is 11.3 Å². The zero-order chi connectivity index (χ0) is 9.26. The number of hydrogen-bond donors (Lipinski definition) is 2. The SMILES string of the molecule is NC(=O)C1=CNCc2ccccc21. The van der Waals surface area contributed by atoms with Crippen molar-refractivity contribution in [2.75, 3.05) is 0 Å². The molecule has 66 valence electrons. The van der Waals surface area contributed by atoms with Crippen LogP contribution in [0.1, 0.15) is 11.1 Å². The lowest BCUT2D eigenvalue weighted by atomic mass is 9.97. The smallest absolute Gasteiger partial charge is 0.250 e. The fourth-order valence-corrected chi connectivity index (χ4v) is 1.48. The van der Waals surface area contributed by atoms with Gasteiger partial charge in [0.2, 0.25) is 0 Å². The summed E-state index contributed by atoms with van der Waals surface area (Å²) in [6.07, 6.45) is 1.67. The maximum atomic E-state index is 11.0. The van der Waals surface area contributed by atoms with Gasteiger partial charge in [0, 0.05) is 12.7 Å². The number of hydrogen-bond acceptors (Lipinski definition) is 2. The third-order valence-corrected chi connectivity index (χ3v) is 2.11. The molecule has 0 fully saturated rings. The zero-order valence-electron chi connectivity index (χ0n) is 7.08. The van der Waals surface area contributed by atoms with E-state index >= 15 is 0 Å². The van der Waals surface area contributed by atoms with E-state index < -0.39 is 0 Å². The van der Waals surface area contributed by atoms with Gasteiger partial charge in [0.1, 0.15) is 0 Å². The van der Waals surface area contributed by atoms with Gasteiger partial charge in [0.05, 0.1) is 5.57 Å². The van der Waals surface area contributed by atoms with Crippen LogP contribution in [0.15, 0.2) is 30.5 Å². The number of fused-ring (bicyclic) bond motifs is 1. The molecule has 3 heteroatoms. The average molecular weight is 174 g/mol. The van der Waals surface area contributed by atoms with Crippen LogP contribution in [0.3, 0.4) is 0 Å². The second kappa shape index (κ2) is 2.94. The van der Waals surface area contributed by atoms with Crippen molar-refractivity contribution >= 4 is 11.5 Å². The lowest BCUT2D eigenvalue weighted by molar-refractivity contribution is -0.112.